The lowest BCUT2D eigenvalue weighted by molar-refractivity contribution is 0.0798. The first-order valence-electron chi connectivity index (χ1n) is 7.41. The van der Waals surface area contributed by atoms with Crippen molar-refractivity contribution in [1.29, 1.82) is 0 Å². The average molecular weight is 281 g/mol. The third kappa shape index (κ3) is 3.31. The number of piperidine rings is 1. The molecular formula is C16H25ClN2. The van der Waals surface area contributed by atoms with E-state index in [1.54, 1.807) is 0 Å². The zero-order valence-corrected chi connectivity index (χ0v) is 12.7. The molecule has 1 fully saturated rings. The molecule has 1 aromatic rings. The van der Waals surface area contributed by atoms with Crippen molar-refractivity contribution in [2.24, 2.45) is 5.73 Å². The van der Waals surface area contributed by atoms with Crippen LogP contribution in [0.25, 0.3) is 0 Å². The third-order valence-corrected chi connectivity index (χ3v) is 4.57. The van der Waals surface area contributed by atoms with Crippen molar-refractivity contribution in [1.82, 2.24) is 4.90 Å². The Morgan fingerprint density at radius 3 is 2.74 bits per heavy atom. The van der Waals surface area contributed by atoms with Crippen LogP contribution in [0.2, 0.25) is 5.02 Å². The molecule has 0 bridgehead atoms. The maximum absolute atomic E-state index is 6.39. The van der Waals surface area contributed by atoms with E-state index >= 15 is 0 Å². The van der Waals surface area contributed by atoms with E-state index in [1.165, 1.54) is 31.2 Å². The zero-order valence-electron chi connectivity index (χ0n) is 12.0. The normalized spacial score (nSPS) is 24.1. The first kappa shape index (κ1) is 14.8. The SMILES string of the molecule is CCC1CCCCN1C(c1ccccc1Cl)C(C)N. The summed E-state index contributed by atoms with van der Waals surface area (Å²) in [4.78, 5) is 2.58. The molecule has 106 valence electrons. The maximum atomic E-state index is 6.39. The summed E-state index contributed by atoms with van der Waals surface area (Å²) >= 11 is 6.39. The van der Waals surface area contributed by atoms with Crippen molar-refractivity contribution in [3.8, 4) is 0 Å². The van der Waals surface area contributed by atoms with Crippen molar-refractivity contribution < 1.29 is 0 Å². The Kier molecular flexibility index (Phi) is 5.26. The summed E-state index contributed by atoms with van der Waals surface area (Å²) < 4.78 is 0. The molecule has 0 aliphatic carbocycles. The molecule has 3 atom stereocenters. The molecule has 2 N–H and O–H groups in total. The smallest absolute Gasteiger partial charge is 0.0514 e. The quantitative estimate of drug-likeness (QED) is 0.903. The van der Waals surface area contributed by atoms with Gasteiger partial charge in [-0.1, -0.05) is 43.1 Å². The molecule has 19 heavy (non-hydrogen) atoms. The van der Waals surface area contributed by atoms with Crippen LogP contribution in [-0.2, 0) is 0 Å². The Bertz CT molecular complexity index is 405. The van der Waals surface area contributed by atoms with Gasteiger partial charge in [0.1, 0.15) is 0 Å². The lowest BCUT2D eigenvalue weighted by Crippen LogP contribution is -2.47. The summed E-state index contributed by atoms with van der Waals surface area (Å²) in [5.74, 6) is 0. The molecular weight excluding hydrogens is 256 g/mol. The Hall–Kier alpha value is -0.570. The largest absolute Gasteiger partial charge is 0.326 e. The predicted octanol–water partition coefficient (Wildman–Crippen LogP) is 3.99. The highest BCUT2D eigenvalue weighted by molar-refractivity contribution is 6.31. The minimum Gasteiger partial charge on any atom is -0.326 e. The average Bonchev–Trinajstić information content (AvgIpc) is 2.41. The highest BCUT2D eigenvalue weighted by Crippen LogP contribution is 2.34. The number of nitrogens with two attached hydrogens (primary N) is 1. The van der Waals surface area contributed by atoms with Gasteiger partial charge in [-0.2, -0.15) is 0 Å². The van der Waals surface area contributed by atoms with Crippen molar-refractivity contribution >= 4 is 11.6 Å². The van der Waals surface area contributed by atoms with Crippen LogP contribution in [0, 0.1) is 0 Å². The van der Waals surface area contributed by atoms with Gasteiger partial charge in [0.25, 0.3) is 0 Å². The molecule has 3 heteroatoms. The highest BCUT2D eigenvalue weighted by atomic mass is 35.5. The van der Waals surface area contributed by atoms with Gasteiger partial charge in [-0.15, -0.1) is 0 Å². The highest BCUT2D eigenvalue weighted by Gasteiger charge is 2.31. The van der Waals surface area contributed by atoms with Gasteiger partial charge in [0.15, 0.2) is 0 Å². The topological polar surface area (TPSA) is 29.3 Å². The molecule has 1 aliphatic rings. The lowest BCUT2D eigenvalue weighted by atomic mass is 9.92. The van der Waals surface area contributed by atoms with Crippen LogP contribution in [0.5, 0.6) is 0 Å². The van der Waals surface area contributed by atoms with Gasteiger partial charge in [0.2, 0.25) is 0 Å². The van der Waals surface area contributed by atoms with E-state index in [0.717, 1.165) is 11.6 Å². The second kappa shape index (κ2) is 6.74. The Morgan fingerprint density at radius 2 is 2.11 bits per heavy atom. The summed E-state index contributed by atoms with van der Waals surface area (Å²) in [7, 11) is 0. The van der Waals surface area contributed by atoms with Crippen molar-refractivity contribution in [2.45, 2.75) is 57.7 Å². The van der Waals surface area contributed by atoms with Crippen molar-refractivity contribution in [3.63, 3.8) is 0 Å². The molecule has 1 saturated heterocycles. The number of nitrogens with zero attached hydrogens (tertiary/aromatic N) is 1. The van der Waals surface area contributed by atoms with Gasteiger partial charge in [-0.25, -0.2) is 0 Å². The molecule has 3 unspecified atom stereocenters. The standard InChI is InChI=1S/C16H25ClN2/c1-3-13-8-6-7-11-19(13)16(12(2)18)14-9-4-5-10-15(14)17/h4-5,9-10,12-13,16H,3,6-8,11,18H2,1-2H3. The van der Waals surface area contributed by atoms with Crippen LogP contribution in [0.15, 0.2) is 24.3 Å². The van der Waals surface area contributed by atoms with Crippen LogP contribution in [0.1, 0.15) is 51.1 Å². The van der Waals surface area contributed by atoms with E-state index in [2.05, 4.69) is 30.9 Å². The molecule has 2 rings (SSSR count). The Morgan fingerprint density at radius 1 is 1.37 bits per heavy atom. The van der Waals surface area contributed by atoms with Gasteiger partial charge < -0.3 is 5.73 Å². The monoisotopic (exact) mass is 280 g/mol. The minimum absolute atomic E-state index is 0.0899. The van der Waals surface area contributed by atoms with Gasteiger partial charge in [-0.3, -0.25) is 4.90 Å². The van der Waals surface area contributed by atoms with Crippen molar-refractivity contribution in [2.75, 3.05) is 6.54 Å². The summed E-state index contributed by atoms with van der Waals surface area (Å²) in [6.45, 7) is 5.50. The number of likely N-dealkylation sites (tertiary alicyclic amines) is 1. The number of benzene rings is 1. The van der Waals surface area contributed by atoms with Crippen molar-refractivity contribution in [3.05, 3.63) is 34.9 Å². The van der Waals surface area contributed by atoms with E-state index < -0.39 is 0 Å². The van der Waals surface area contributed by atoms with E-state index in [0.29, 0.717) is 6.04 Å². The Balaban J connectivity index is 2.32. The number of hydrogen-bond donors (Lipinski definition) is 1. The molecule has 0 saturated carbocycles. The van der Waals surface area contributed by atoms with E-state index in [-0.39, 0.29) is 12.1 Å². The first-order chi connectivity index (χ1) is 9.15. The van der Waals surface area contributed by atoms with E-state index in [4.69, 9.17) is 17.3 Å². The molecule has 1 aliphatic heterocycles. The molecule has 1 heterocycles. The lowest BCUT2D eigenvalue weighted by Gasteiger charge is -2.43. The van der Waals surface area contributed by atoms with E-state index in [1.807, 2.05) is 12.1 Å². The zero-order chi connectivity index (χ0) is 13.8. The van der Waals surface area contributed by atoms with Crippen LogP contribution >= 0.6 is 11.6 Å². The number of rotatable bonds is 4. The molecule has 0 spiro atoms. The first-order valence-corrected chi connectivity index (χ1v) is 7.78. The molecule has 0 aromatic heterocycles. The predicted molar refractivity (Wildman–Crippen MR) is 82.5 cm³/mol. The summed E-state index contributed by atoms with van der Waals surface area (Å²) in [6.07, 6.45) is 5.07. The molecule has 2 nitrogen and oxygen atoms in total. The summed E-state index contributed by atoms with van der Waals surface area (Å²) in [5.41, 5.74) is 7.47. The fraction of sp³-hybridized carbons (Fsp3) is 0.625. The minimum atomic E-state index is 0.0899. The van der Waals surface area contributed by atoms with Gasteiger partial charge >= 0.3 is 0 Å². The fourth-order valence-electron chi connectivity index (χ4n) is 3.31. The molecule has 0 radical (unpaired) electrons. The number of hydrogen-bond acceptors (Lipinski definition) is 2. The molecule has 1 aromatic carbocycles. The van der Waals surface area contributed by atoms with Gasteiger partial charge in [0, 0.05) is 17.1 Å². The van der Waals surface area contributed by atoms with Crippen LogP contribution < -0.4 is 5.73 Å². The second-order valence-corrected chi connectivity index (χ2v) is 6.03. The maximum Gasteiger partial charge on any atom is 0.0514 e. The van der Waals surface area contributed by atoms with Crippen LogP contribution in [-0.4, -0.2) is 23.5 Å². The summed E-state index contributed by atoms with van der Waals surface area (Å²) in [6, 6.07) is 9.10. The second-order valence-electron chi connectivity index (χ2n) is 5.62. The van der Waals surface area contributed by atoms with Gasteiger partial charge in [0.05, 0.1) is 6.04 Å². The van der Waals surface area contributed by atoms with Crippen LogP contribution in [0.3, 0.4) is 0 Å². The summed E-state index contributed by atoms with van der Waals surface area (Å²) in [5, 5.41) is 0.838. The van der Waals surface area contributed by atoms with Gasteiger partial charge in [-0.05, 0) is 44.4 Å². The third-order valence-electron chi connectivity index (χ3n) is 4.22. The molecule has 0 amide bonds. The Labute approximate surface area is 121 Å². The number of halogens is 1. The van der Waals surface area contributed by atoms with E-state index in [9.17, 15) is 0 Å². The fourth-order valence-corrected chi connectivity index (χ4v) is 3.55. The van der Waals surface area contributed by atoms with Crippen LogP contribution in [0.4, 0.5) is 0 Å².